The second-order valence-electron chi connectivity index (χ2n) is 8.99. The van der Waals surface area contributed by atoms with Gasteiger partial charge < -0.3 is 15.0 Å². The summed E-state index contributed by atoms with van der Waals surface area (Å²) in [6.45, 7) is 3.69. The molecule has 0 unspecified atom stereocenters. The minimum atomic E-state index is -4.12. The molecule has 1 atom stereocenters. The van der Waals surface area contributed by atoms with Crippen molar-refractivity contribution in [3.8, 4) is 5.75 Å². The molecule has 0 aliphatic carbocycles. The predicted octanol–water partition coefficient (Wildman–Crippen LogP) is 4.88. The summed E-state index contributed by atoms with van der Waals surface area (Å²) >= 11 is 6.17. The Kier molecular flexibility index (Phi) is 10.8. The van der Waals surface area contributed by atoms with Crippen molar-refractivity contribution in [2.45, 2.75) is 44.2 Å². The number of sulfonamides is 1. The summed E-state index contributed by atoms with van der Waals surface area (Å²) in [5, 5.41) is 3.36. The van der Waals surface area contributed by atoms with Crippen LogP contribution in [0.15, 0.2) is 83.8 Å². The first-order chi connectivity index (χ1) is 18.7. The zero-order valence-electron chi connectivity index (χ0n) is 22.3. The number of unbranched alkanes of at least 4 members (excludes halogenated alkanes) is 1. The van der Waals surface area contributed by atoms with E-state index in [1.807, 2.05) is 6.92 Å². The number of ether oxygens (including phenoxy) is 1. The van der Waals surface area contributed by atoms with Gasteiger partial charge in [0.15, 0.2) is 0 Å². The molecule has 0 saturated heterocycles. The van der Waals surface area contributed by atoms with Crippen molar-refractivity contribution in [3.05, 3.63) is 89.4 Å². The second kappa shape index (κ2) is 14.0. The third kappa shape index (κ3) is 7.97. The Morgan fingerprint density at radius 3 is 2.31 bits per heavy atom. The summed E-state index contributed by atoms with van der Waals surface area (Å²) in [5.41, 5.74) is 1.00. The van der Waals surface area contributed by atoms with E-state index in [4.69, 9.17) is 16.3 Å². The van der Waals surface area contributed by atoms with Crippen LogP contribution < -0.4 is 14.4 Å². The van der Waals surface area contributed by atoms with Crippen molar-refractivity contribution in [2.24, 2.45) is 0 Å². The highest BCUT2D eigenvalue weighted by molar-refractivity contribution is 7.92. The van der Waals surface area contributed by atoms with Gasteiger partial charge in [-0.05, 0) is 67.4 Å². The molecular formula is C29H34ClN3O5S. The predicted molar refractivity (Wildman–Crippen MR) is 153 cm³/mol. The summed E-state index contributed by atoms with van der Waals surface area (Å²) in [5.74, 6) is -0.314. The van der Waals surface area contributed by atoms with Gasteiger partial charge in [-0.15, -0.1) is 0 Å². The molecule has 3 aromatic rings. The van der Waals surface area contributed by atoms with Gasteiger partial charge in [0.05, 0.1) is 17.7 Å². The third-order valence-corrected chi connectivity index (χ3v) is 8.23. The molecule has 39 heavy (non-hydrogen) atoms. The minimum absolute atomic E-state index is 0.0420. The Morgan fingerprint density at radius 2 is 1.69 bits per heavy atom. The molecule has 0 saturated carbocycles. The maximum Gasteiger partial charge on any atom is 0.264 e. The molecule has 0 spiro atoms. The first-order valence-electron chi connectivity index (χ1n) is 12.7. The van der Waals surface area contributed by atoms with E-state index < -0.39 is 28.5 Å². The molecule has 0 aliphatic rings. The molecule has 8 nitrogen and oxygen atoms in total. The zero-order chi connectivity index (χ0) is 28.4. The third-order valence-electron chi connectivity index (χ3n) is 6.21. The van der Waals surface area contributed by atoms with E-state index in [1.165, 1.54) is 24.1 Å². The normalized spacial score (nSPS) is 11.9. The van der Waals surface area contributed by atoms with E-state index in [-0.39, 0.29) is 23.0 Å². The summed E-state index contributed by atoms with van der Waals surface area (Å²) in [6, 6.07) is 20.5. The van der Waals surface area contributed by atoms with Gasteiger partial charge in [-0.2, -0.15) is 0 Å². The lowest BCUT2D eigenvalue weighted by Gasteiger charge is -2.32. The standard InChI is InChI=1S/C29H34ClN3O5S/c1-4-5-18-31-29(35)22(2)32(20-23-10-9-11-24(30)19-23)28(34)21-33(25-14-16-26(38-3)17-15-25)39(36,37)27-12-7-6-8-13-27/h6-17,19,22H,4-5,18,20-21H2,1-3H3,(H,31,35)/t22-/m1/s1. The van der Waals surface area contributed by atoms with E-state index in [9.17, 15) is 18.0 Å². The van der Waals surface area contributed by atoms with Gasteiger partial charge in [-0.3, -0.25) is 13.9 Å². The molecule has 1 N–H and O–H groups in total. The average Bonchev–Trinajstić information content (AvgIpc) is 2.94. The van der Waals surface area contributed by atoms with E-state index in [1.54, 1.807) is 73.7 Å². The van der Waals surface area contributed by atoms with Gasteiger partial charge in [0.1, 0.15) is 18.3 Å². The molecule has 0 aliphatic heterocycles. The van der Waals surface area contributed by atoms with Crippen LogP contribution in [0.1, 0.15) is 32.3 Å². The molecule has 0 aromatic heterocycles. The van der Waals surface area contributed by atoms with Crippen LogP contribution in [0.5, 0.6) is 5.75 Å². The van der Waals surface area contributed by atoms with Crippen LogP contribution in [0.3, 0.4) is 0 Å². The van der Waals surface area contributed by atoms with Crippen LogP contribution in [0.25, 0.3) is 0 Å². The van der Waals surface area contributed by atoms with Crippen LogP contribution in [-0.4, -0.2) is 51.4 Å². The van der Waals surface area contributed by atoms with Crippen LogP contribution in [0, 0.1) is 0 Å². The maximum absolute atomic E-state index is 13.9. The van der Waals surface area contributed by atoms with Crippen molar-refractivity contribution >= 4 is 39.1 Å². The van der Waals surface area contributed by atoms with Crippen molar-refractivity contribution < 1.29 is 22.7 Å². The Hall–Kier alpha value is -3.56. The highest BCUT2D eigenvalue weighted by atomic mass is 35.5. The Morgan fingerprint density at radius 1 is 1.00 bits per heavy atom. The lowest BCUT2D eigenvalue weighted by Crippen LogP contribution is -2.51. The van der Waals surface area contributed by atoms with Gasteiger partial charge in [-0.1, -0.05) is 55.3 Å². The van der Waals surface area contributed by atoms with Crippen LogP contribution in [-0.2, 0) is 26.2 Å². The van der Waals surface area contributed by atoms with Gasteiger partial charge in [0.25, 0.3) is 10.0 Å². The maximum atomic E-state index is 13.9. The van der Waals surface area contributed by atoms with Gasteiger partial charge in [0, 0.05) is 18.1 Å². The van der Waals surface area contributed by atoms with Crippen molar-refractivity contribution in [1.29, 1.82) is 0 Å². The lowest BCUT2D eigenvalue weighted by molar-refractivity contribution is -0.139. The fraction of sp³-hybridized carbons (Fsp3) is 0.310. The molecule has 0 heterocycles. The van der Waals surface area contributed by atoms with Crippen LogP contribution >= 0.6 is 11.6 Å². The Bertz CT molecular complexity index is 1350. The first-order valence-corrected chi connectivity index (χ1v) is 14.5. The number of nitrogens with zero attached hydrogens (tertiary/aromatic N) is 2. The fourth-order valence-corrected chi connectivity index (χ4v) is 5.60. The molecular weight excluding hydrogens is 538 g/mol. The summed E-state index contributed by atoms with van der Waals surface area (Å²) in [6.07, 6.45) is 1.72. The SMILES string of the molecule is CCCCNC(=O)[C@@H](C)N(Cc1cccc(Cl)c1)C(=O)CN(c1ccc(OC)cc1)S(=O)(=O)c1ccccc1. The second-order valence-corrected chi connectivity index (χ2v) is 11.3. The summed E-state index contributed by atoms with van der Waals surface area (Å²) in [7, 11) is -2.61. The smallest absolute Gasteiger partial charge is 0.264 e. The number of anilines is 1. The minimum Gasteiger partial charge on any atom is -0.497 e. The number of benzene rings is 3. The number of carbonyl (C=O) groups is 2. The molecule has 10 heteroatoms. The van der Waals surface area contributed by atoms with E-state index in [2.05, 4.69) is 5.32 Å². The molecule has 3 rings (SSSR count). The molecule has 2 amide bonds. The number of hydrogen-bond donors (Lipinski definition) is 1. The number of hydrogen-bond acceptors (Lipinski definition) is 5. The average molecular weight is 572 g/mol. The molecule has 0 radical (unpaired) electrons. The van der Waals surface area contributed by atoms with Crippen LogP contribution in [0.4, 0.5) is 5.69 Å². The number of carbonyl (C=O) groups excluding carboxylic acids is 2. The number of amides is 2. The van der Waals surface area contributed by atoms with Gasteiger partial charge in [-0.25, -0.2) is 8.42 Å². The van der Waals surface area contributed by atoms with E-state index >= 15 is 0 Å². The van der Waals surface area contributed by atoms with Gasteiger partial charge in [0.2, 0.25) is 11.8 Å². The highest BCUT2D eigenvalue weighted by Gasteiger charge is 2.32. The summed E-state index contributed by atoms with van der Waals surface area (Å²) < 4.78 is 33.8. The molecule has 3 aromatic carbocycles. The number of halogens is 1. The first kappa shape index (κ1) is 30.0. The zero-order valence-corrected chi connectivity index (χ0v) is 23.9. The monoisotopic (exact) mass is 571 g/mol. The summed E-state index contributed by atoms with van der Waals surface area (Å²) in [4.78, 5) is 28.3. The molecule has 0 fully saturated rings. The quantitative estimate of drug-likeness (QED) is 0.295. The molecule has 208 valence electrons. The van der Waals surface area contributed by atoms with E-state index in [0.29, 0.717) is 22.9 Å². The van der Waals surface area contributed by atoms with Crippen molar-refractivity contribution in [3.63, 3.8) is 0 Å². The Balaban J connectivity index is 1.99. The Labute approximate surface area is 235 Å². The largest absolute Gasteiger partial charge is 0.497 e. The number of nitrogens with one attached hydrogen (secondary N) is 1. The van der Waals surface area contributed by atoms with Gasteiger partial charge >= 0.3 is 0 Å². The van der Waals surface area contributed by atoms with Crippen LogP contribution in [0.2, 0.25) is 5.02 Å². The van der Waals surface area contributed by atoms with Crippen molar-refractivity contribution in [1.82, 2.24) is 10.2 Å². The van der Waals surface area contributed by atoms with E-state index in [0.717, 1.165) is 17.1 Å². The topological polar surface area (TPSA) is 96.0 Å². The highest BCUT2D eigenvalue weighted by Crippen LogP contribution is 2.26. The fourth-order valence-electron chi connectivity index (χ4n) is 3.95. The van der Waals surface area contributed by atoms with Crippen molar-refractivity contribution in [2.75, 3.05) is 24.5 Å². The molecule has 0 bridgehead atoms. The number of methoxy groups -OCH3 is 1. The lowest BCUT2D eigenvalue weighted by atomic mass is 10.1. The number of rotatable bonds is 13.